The highest BCUT2D eigenvalue weighted by molar-refractivity contribution is 7.91. The Hall–Kier alpha value is -0.620. The van der Waals surface area contributed by atoms with Gasteiger partial charge in [-0.05, 0) is 33.1 Å². The SMILES string of the molecule is CCN(CC)C(=O)CNC1CCCC(S(C)(=O)=O)C1. The second kappa shape index (κ2) is 7.24. The smallest absolute Gasteiger partial charge is 0.236 e. The molecule has 1 N–H and O–H groups in total. The van der Waals surface area contributed by atoms with Crippen LogP contribution in [0.5, 0.6) is 0 Å². The fourth-order valence-electron chi connectivity index (χ4n) is 2.64. The van der Waals surface area contributed by atoms with Gasteiger partial charge < -0.3 is 10.2 Å². The van der Waals surface area contributed by atoms with Gasteiger partial charge >= 0.3 is 0 Å². The first-order chi connectivity index (χ1) is 8.88. The highest BCUT2D eigenvalue weighted by Crippen LogP contribution is 2.23. The molecule has 2 unspecified atom stereocenters. The Kier molecular flexibility index (Phi) is 6.26. The third-order valence-corrected chi connectivity index (χ3v) is 5.53. The first-order valence-electron chi connectivity index (χ1n) is 7.08. The van der Waals surface area contributed by atoms with E-state index in [9.17, 15) is 13.2 Å². The normalized spacial score (nSPS) is 24.2. The van der Waals surface area contributed by atoms with Crippen molar-refractivity contribution in [1.82, 2.24) is 10.2 Å². The maximum atomic E-state index is 11.9. The van der Waals surface area contributed by atoms with Crippen molar-refractivity contribution in [2.24, 2.45) is 0 Å². The van der Waals surface area contributed by atoms with Crippen LogP contribution in [0.15, 0.2) is 0 Å². The molecule has 0 aromatic heterocycles. The molecule has 0 bridgehead atoms. The van der Waals surface area contributed by atoms with Crippen LogP contribution in [-0.2, 0) is 14.6 Å². The summed E-state index contributed by atoms with van der Waals surface area (Å²) in [7, 11) is -2.96. The molecule has 0 heterocycles. The first-order valence-corrected chi connectivity index (χ1v) is 9.04. The summed E-state index contributed by atoms with van der Waals surface area (Å²) in [6.45, 7) is 5.66. The molecule has 0 aromatic rings. The largest absolute Gasteiger partial charge is 0.342 e. The van der Waals surface area contributed by atoms with Crippen molar-refractivity contribution >= 4 is 15.7 Å². The predicted molar refractivity (Wildman–Crippen MR) is 76.8 cm³/mol. The number of amides is 1. The Morgan fingerprint density at radius 2 is 1.89 bits per heavy atom. The number of hydrogen-bond donors (Lipinski definition) is 1. The van der Waals surface area contributed by atoms with Gasteiger partial charge in [-0.25, -0.2) is 8.42 Å². The molecule has 19 heavy (non-hydrogen) atoms. The molecule has 2 atom stereocenters. The summed E-state index contributed by atoms with van der Waals surface area (Å²) >= 11 is 0. The maximum absolute atomic E-state index is 11.9. The van der Waals surface area contributed by atoms with E-state index in [1.165, 1.54) is 6.26 Å². The van der Waals surface area contributed by atoms with E-state index in [1.54, 1.807) is 4.90 Å². The van der Waals surface area contributed by atoms with Gasteiger partial charge in [0.25, 0.3) is 0 Å². The lowest BCUT2D eigenvalue weighted by Gasteiger charge is -2.29. The van der Waals surface area contributed by atoms with Crippen LogP contribution in [0.1, 0.15) is 39.5 Å². The zero-order valence-electron chi connectivity index (χ0n) is 12.2. The maximum Gasteiger partial charge on any atom is 0.236 e. The Labute approximate surface area is 116 Å². The third-order valence-electron chi connectivity index (χ3n) is 3.89. The zero-order chi connectivity index (χ0) is 14.5. The van der Waals surface area contributed by atoms with Crippen LogP contribution in [-0.4, -0.2) is 56.4 Å². The Balaban J connectivity index is 2.43. The average Bonchev–Trinajstić information content (AvgIpc) is 2.37. The molecule has 1 saturated carbocycles. The van der Waals surface area contributed by atoms with Gasteiger partial charge in [0, 0.05) is 25.4 Å². The lowest BCUT2D eigenvalue weighted by Crippen LogP contribution is -2.44. The minimum atomic E-state index is -2.96. The van der Waals surface area contributed by atoms with E-state index >= 15 is 0 Å². The number of nitrogens with zero attached hydrogens (tertiary/aromatic N) is 1. The van der Waals surface area contributed by atoms with Crippen molar-refractivity contribution in [3.63, 3.8) is 0 Å². The lowest BCUT2D eigenvalue weighted by molar-refractivity contribution is -0.130. The van der Waals surface area contributed by atoms with E-state index in [-0.39, 0.29) is 17.2 Å². The minimum Gasteiger partial charge on any atom is -0.342 e. The van der Waals surface area contributed by atoms with E-state index in [4.69, 9.17) is 0 Å². The standard InChI is InChI=1S/C13H26N2O3S/c1-4-15(5-2)13(16)10-14-11-7-6-8-12(9-11)19(3,17)18/h11-12,14H,4-10H2,1-3H3. The van der Waals surface area contributed by atoms with Crippen LogP contribution in [0.3, 0.4) is 0 Å². The number of nitrogens with one attached hydrogen (secondary N) is 1. The molecule has 1 aliphatic rings. The van der Waals surface area contributed by atoms with Gasteiger partial charge in [-0.15, -0.1) is 0 Å². The summed E-state index contributed by atoms with van der Waals surface area (Å²) in [5.41, 5.74) is 0. The fraction of sp³-hybridized carbons (Fsp3) is 0.923. The van der Waals surface area contributed by atoms with E-state index in [0.717, 1.165) is 19.3 Å². The third kappa shape index (κ3) is 5.10. The Morgan fingerprint density at radius 1 is 1.26 bits per heavy atom. The molecule has 112 valence electrons. The van der Waals surface area contributed by atoms with Crippen molar-refractivity contribution in [2.45, 2.75) is 50.8 Å². The number of rotatable bonds is 6. The van der Waals surface area contributed by atoms with E-state index < -0.39 is 9.84 Å². The Morgan fingerprint density at radius 3 is 2.42 bits per heavy atom. The van der Waals surface area contributed by atoms with Gasteiger partial charge in [-0.3, -0.25) is 4.79 Å². The summed E-state index contributed by atoms with van der Waals surface area (Å²) in [6.07, 6.45) is 4.55. The molecule has 1 amide bonds. The second-order valence-corrected chi connectivity index (χ2v) is 7.59. The number of likely N-dealkylation sites (N-methyl/N-ethyl adjacent to an activating group) is 1. The van der Waals surface area contributed by atoms with Crippen LogP contribution in [0.4, 0.5) is 0 Å². The predicted octanol–water partition coefficient (Wildman–Crippen LogP) is 0.800. The van der Waals surface area contributed by atoms with Gasteiger partial charge in [0.05, 0.1) is 11.8 Å². The van der Waals surface area contributed by atoms with Crippen LogP contribution in [0.25, 0.3) is 0 Å². The molecule has 0 saturated heterocycles. The lowest BCUT2D eigenvalue weighted by atomic mass is 9.95. The fourth-order valence-corrected chi connectivity index (χ4v) is 3.82. The molecule has 0 aliphatic heterocycles. The van der Waals surface area contributed by atoms with Crippen molar-refractivity contribution in [3.05, 3.63) is 0 Å². The molecule has 5 nitrogen and oxygen atoms in total. The van der Waals surface area contributed by atoms with Gasteiger partial charge in [0.1, 0.15) is 9.84 Å². The highest BCUT2D eigenvalue weighted by atomic mass is 32.2. The molecular formula is C13H26N2O3S. The van der Waals surface area contributed by atoms with Crippen LogP contribution < -0.4 is 5.32 Å². The van der Waals surface area contributed by atoms with Crippen molar-refractivity contribution < 1.29 is 13.2 Å². The summed E-state index contributed by atoms with van der Waals surface area (Å²) in [5.74, 6) is 0.0893. The van der Waals surface area contributed by atoms with Crippen molar-refractivity contribution in [2.75, 3.05) is 25.9 Å². The summed E-state index contributed by atoms with van der Waals surface area (Å²) in [5, 5.41) is 2.97. The molecule has 1 aliphatic carbocycles. The Bertz CT molecular complexity index is 391. The van der Waals surface area contributed by atoms with E-state index in [0.29, 0.717) is 26.1 Å². The van der Waals surface area contributed by atoms with Crippen molar-refractivity contribution in [3.8, 4) is 0 Å². The molecule has 0 radical (unpaired) electrons. The molecule has 6 heteroatoms. The van der Waals surface area contributed by atoms with Crippen molar-refractivity contribution in [1.29, 1.82) is 0 Å². The van der Waals surface area contributed by atoms with Crippen LogP contribution in [0.2, 0.25) is 0 Å². The minimum absolute atomic E-state index is 0.0893. The number of carbonyl (C=O) groups excluding carboxylic acids is 1. The van der Waals surface area contributed by atoms with Gasteiger partial charge in [0.15, 0.2) is 0 Å². The number of sulfone groups is 1. The van der Waals surface area contributed by atoms with Gasteiger partial charge in [-0.2, -0.15) is 0 Å². The second-order valence-electron chi connectivity index (χ2n) is 5.26. The summed E-state index contributed by atoms with van der Waals surface area (Å²) in [4.78, 5) is 13.7. The van der Waals surface area contributed by atoms with E-state index in [2.05, 4.69) is 5.32 Å². The van der Waals surface area contributed by atoms with Gasteiger partial charge in [-0.1, -0.05) is 6.42 Å². The first kappa shape index (κ1) is 16.4. The monoisotopic (exact) mass is 290 g/mol. The molecule has 0 spiro atoms. The van der Waals surface area contributed by atoms with Crippen LogP contribution in [0, 0.1) is 0 Å². The zero-order valence-corrected chi connectivity index (χ0v) is 13.0. The molecule has 1 fully saturated rings. The number of hydrogen-bond acceptors (Lipinski definition) is 4. The summed E-state index contributed by atoms with van der Waals surface area (Å²) in [6, 6.07) is 0.146. The average molecular weight is 290 g/mol. The molecule has 1 rings (SSSR count). The quantitative estimate of drug-likeness (QED) is 0.786. The molecule has 0 aromatic carbocycles. The summed E-state index contributed by atoms with van der Waals surface area (Å²) < 4.78 is 23.1. The number of carbonyl (C=O) groups is 1. The molecular weight excluding hydrogens is 264 g/mol. The van der Waals surface area contributed by atoms with E-state index in [1.807, 2.05) is 13.8 Å². The van der Waals surface area contributed by atoms with Gasteiger partial charge in [0.2, 0.25) is 5.91 Å². The topological polar surface area (TPSA) is 66.5 Å². The highest BCUT2D eigenvalue weighted by Gasteiger charge is 2.28. The van der Waals surface area contributed by atoms with Crippen LogP contribution >= 0.6 is 0 Å².